The van der Waals surface area contributed by atoms with Gasteiger partial charge in [0.25, 0.3) is 0 Å². The highest BCUT2D eigenvalue weighted by molar-refractivity contribution is 9.10. The Hall–Kier alpha value is -0.450. The molecule has 1 aliphatic heterocycles. The van der Waals surface area contributed by atoms with E-state index in [9.17, 15) is 9.50 Å². The summed E-state index contributed by atoms with van der Waals surface area (Å²) in [4.78, 5) is 0. The van der Waals surface area contributed by atoms with Crippen LogP contribution in [0.1, 0.15) is 25.3 Å². The average molecular weight is 303 g/mol. The van der Waals surface area contributed by atoms with Crippen molar-refractivity contribution in [2.45, 2.75) is 37.9 Å². The standard InChI is InChI=1S/C13H16BrFO2/c1-13(5-2-6-17-13)12(16)8-9-7-10(15)3-4-11(9)14/h3-4,7,12,16H,2,5-6,8H2,1H3. The molecule has 2 unspecified atom stereocenters. The van der Waals surface area contributed by atoms with Gasteiger partial charge in [-0.15, -0.1) is 0 Å². The predicted octanol–water partition coefficient (Wildman–Crippen LogP) is 3.06. The summed E-state index contributed by atoms with van der Waals surface area (Å²) in [7, 11) is 0. The molecule has 1 fully saturated rings. The summed E-state index contributed by atoms with van der Waals surface area (Å²) >= 11 is 3.37. The largest absolute Gasteiger partial charge is 0.390 e. The van der Waals surface area contributed by atoms with E-state index in [1.54, 1.807) is 6.07 Å². The van der Waals surface area contributed by atoms with Gasteiger partial charge in [0.2, 0.25) is 0 Å². The SMILES string of the molecule is CC1(C(O)Cc2cc(F)ccc2Br)CCCO1. The molecule has 1 saturated heterocycles. The van der Waals surface area contributed by atoms with Crippen LogP contribution in [-0.4, -0.2) is 23.4 Å². The second-order valence-corrected chi connectivity index (χ2v) is 5.57. The first-order valence-corrected chi connectivity index (χ1v) is 6.56. The lowest BCUT2D eigenvalue weighted by Gasteiger charge is -2.29. The summed E-state index contributed by atoms with van der Waals surface area (Å²) in [6.07, 6.45) is 1.61. The molecule has 2 rings (SSSR count). The van der Waals surface area contributed by atoms with Gasteiger partial charge in [0.1, 0.15) is 5.82 Å². The van der Waals surface area contributed by atoms with Crippen LogP contribution in [0.5, 0.6) is 0 Å². The molecule has 0 bridgehead atoms. The van der Waals surface area contributed by atoms with Gasteiger partial charge < -0.3 is 9.84 Å². The third-order valence-corrected chi connectivity index (χ3v) is 4.15. The zero-order valence-corrected chi connectivity index (χ0v) is 11.3. The van der Waals surface area contributed by atoms with Gasteiger partial charge in [0, 0.05) is 17.5 Å². The molecule has 94 valence electrons. The summed E-state index contributed by atoms with van der Waals surface area (Å²) < 4.78 is 19.5. The van der Waals surface area contributed by atoms with E-state index in [-0.39, 0.29) is 5.82 Å². The lowest BCUT2D eigenvalue weighted by Crippen LogP contribution is -2.40. The second kappa shape index (κ2) is 5.04. The van der Waals surface area contributed by atoms with E-state index in [0.29, 0.717) is 13.0 Å². The molecule has 17 heavy (non-hydrogen) atoms. The van der Waals surface area contributed by atoms with E-state index >= 15 is 0 Å². The van der Waals surface area contributed by atoms with Crippen molar-refractivity contribution in [2.75, 3.05) is 6.61 Å². The number of rotatable bonds is 3. The van der Waals surface area contributed by atoms with Crippen molar-refractivity contribution in [1.29, 1.82) is 0 Å². The number of hydrogen-bond donors (Lipinski definition) is 1. The zero-order chi connectivity index (χ0) is 12.5. The van der Waals surface area contributed by atoms with Crippen LogP contribution in [0.4, 0.5) is 4.39 Å². The molecule has 0 spiro atoms. The second-order valence-electron chi connectivity index (χ2n) is 4.72. The Morgan fingerprint density at radius 2 is 2.35 bits per heavy atom. The number of hydrogen-bond acceptors (Lipinski definition) is 2. The maximum absolute atomic E-state index is 13.1. The first-order valence-electron chi connectivity index (χ1n) is 5.77. The molecular formula is C13H16BrFO2. The highest BCUT2D eigenvalue weighted by atomic mass is 79.9. The molecule has 0 aliphatic carbocycles. The fourth-order valence-electron chi connectivity index (χ4n) is 2.19. The van der Waals surface area contributed by atoms with E-state index in [1.165, 1.54) is 12.1 Å². The molecule has 2 atom stereocenters. The number of ether oxygens (including phenoxy) is 1. The number of benzene rings is 1. The Kier molecular flexibility index (Phi) is 3.85. The maximum Gasteiger partial charge on any atom is 0.123 e. The lowest BCUT2D eigenvalue weighted by molar-refractivity contribution is -0.0768. The molecule has 0 saturated carbocycles. The number of halogens is 2. The van der Waals surface area contributed by atoms with Crippen LogP contribution in [-0.2, 0) is 11.2 Å². The minimum absolute atomic E-state index is 0.284. The summed E-state index contributed by atoms with van der Waals surface area (Å²) in [5.41, 5.74) is 0.278. The van der Waals surface area contributed by atoms with E-state index in [1.807, 2.05) is 6.92 Å². The Bertz CT molecular complexity index is 402. The Balaban J connectivity index is 2.12. The van der Waals surface area contributed by atoms with Gasteiger partial charge >= 0.3 is 0 Å². The van der Waals surface area contributed by atoms with E-state index in [4.69, 9.17) is 4.74 Å². The van der Waals surface area contributed by atoms with Gasteiger partial charge in [-0.3, -0.25) is 0 Å². The third kappa shape index (κ3) is 2.87. The monoisotopic (exact) mass is 302 g/mol. The van der Waals surface area contributed by atoms with Gasteiger partial charge in [-0.05, 0) is 43.5 Å². The summed E-state index contributed by atoms with van der Waals surface area (Å²) in [6, 6.07) is 4.51. The lowest BCUT2D eigenvalue weighted by atomic mass is 9.91. The molecule has 0 amide bonds. The van der Waals surface area contributed by atoms with Crippen molar-refractivity contribution in [2.24, 2.45) is 0 Å². The smallest absolute Gasteiger partial charge is 0.123 e. The molecule has 0 aromatic heterocycles. The minimum atomic E-state index is -0.608. The van der Waals surface area contributed by atoms with E-state index in [0.717, 1.165) is 22.9 Å². The first kappa shape index (κ1) is 13.0. The Morgan fingerprint density at radius 1 is 1.59 bits per heavy atom. The third-order valence-electron chi connectivity index (χ3n) is 3.38. The quantitative estimate of drug-likeness (QED) is 0.930. The number of aliphatic hydroxyl groups is 1. The van der Waals surface area contributed by atoms with Crippen molar-refractivity contribution >= 4 is 15.9 Å². The van der Waals surface area contributed by atoms with Gasteiger partial charge in [-0.2, -0.15) is 0 Å². The van der Waals surface area contributed by atoms with Crippen LogP contribution in [0.15, 0.2) is 22.7 Å². The van der Waals surface area contributed by atoms with Gasteiger partial charge in [0.15, 0.2) is 0 Å². The van der Waals surface area contributed by atoms with Crippen LogP contribution in [0, 0.1) is 5.82 Å². The van der Waals surface area contributed by atoms with Gasteiger partial charge in [-0.25, -0.2) is 4.39 Å². The van der Waals surface area contributed by atoms with E-state index < -0.39 is 11.7 Å². The van der Waals surface area contributed by atoms with Crippen molar-refractivity contribution in [3.63, 3.8) is 0 Å². The van der Waals surface area contributed by atoms with Crippen LogP contribution >= 0.6 is 15.9 Å². The number of aliphatic hydroxyl groups excluding tert-OH is 1. The van der Waals surface area contributed by atoms with Gasteiger partial charge in [-0.1, -0.05) is 15.9 Å². The normalized spacial score (nSPS) is 26.1. The summed E-state index contributed by atoms with van der Waals surface area (Å²) in [6.45, 7) is 2.61. The maximum atomic E-state index is 13.1. The average Bonchev–Trinajstić information content (AvgIpc) is 2.72. The van der Waals surface area contributed by atoms with E-state index in [2.05, 4.69) is 15.9 Å². The van der Waals surface area contributed by atoms with Crippen LogP contribution in [0.2, 0.25) is 0 Å². The van der Waals surface area contributed by atoms with Crippen molar-refractivity contribution in [3.05, 3.63) is 34.1 Å². The fourth-order valence-corrected chi connectivity index (χ4v) is 2.60. The van der Waals surface area contributed by atoms with Crippen molar-refractivity contribution in [3.8, 4) is 0 Å². The highest BCUT2D eigenvalue weighted by Gasteiger charge is 2.37. The molecule has 1 aromatic rings. The molecule has 1 N–H and O–H groups in total. The molecule has 1 heterocycles. The Morgan fingerprint density at radius 3 is 3.00 bits per heavy atom. The molecule has 4 heteroatoms. The predicted molar refractivity (Wildman–Crippen MR) is 67.4 cm³/mol. The van der Waals surface area contributed by atoms with Crippen LogP contribution in [0.3, 0.4) is 0 Å². The molecule has 1 aromatic carbocycles. The highest BCUT2D eigenvalue weighted by Crippen LogP contribution is 2.31. The topological polar surface area (TPSA) is 29.5 Å². The van der Waals surface area contributed by atoms with Crippen LogP contribution < -0.4 is 0 Å². The van der Waals surface area contributed by atoms with Gasteiger partial charge in [0.05, 0.1) is 11.7 Å². The molecule has 1 aliphatic rings. The van der Waals surface area contributed by atoms with Crippen molar-refractivity contribution < 1.29 is 14.2 Å². The summed E-state index contributed by atoms with van der Waals surface area (Å²) in [5, 5.41) is 10.2. The first-order chi connectivity index (χ1) is 8.01. The van der Waals surface area contributed by atoms with Crippen molar-refractivity contribution in [1.82, 2.24) is 0 Å². The van der Waals surface area contributed by atoms with Crippen LogP contribution in [0.25, 0.3) is 0 Å². The zero-order valence-electron chi connectivity index (χ0n) is 9.75. The Labute approximate surface area is 109 Å². The molecular weight excluding hydrogens is 287 g/mol. The molecule has 0 radical (unpaired) electrons. The minimum Gasteiger partial charge on any atom is -0.390 e. The fraction of sp³-hybridized carbons (Fsp3) is 0.538. The summed E-state index contributed by atoms with van der Waals surface area (Å²) in [5.74, 6) is -0.284. The molecule has 2 nitrogen and oxygen atoms in total.